The Bertz CT molecular complexity index is 3470. The van der Waals surface area contributed by atoms with E-state index in [1.165, 1.54) is 5.56 Å². The molecule has 52 heavy (non-hydrogen) atoms. The Kier molecular flexibility index (Phi) is 4.64. The molecule has 1 heteroatoms. The van der Waals surface area contributed by atoms with Crippen LogP contribution < -0.4 is 0 Å². The van der Waals surface area contributed by atoms with Crippen LogP contribution in [0.3, 0.4) is 0 Å². The molecule has 0 aliphatic heterocycles. The zero-order valence-electron chi connectivity index (χ0n) is 36.5. The summed E-state index contributed by atoms with van der Waals surface area (Å²) in [5.74, 6) is 0. The molecule has 1 heterocycles. The van der Waals surface area contributed by atoms with Crippen molar-refractivity contribution < 1.29 is 15.4 Å². The minimum atomic E-state index is -0.424. The lowest BCUT2D eigenvalue weighted by Gasteiger charge is -2.22. The van der Waals surface area contributed by atoms with Crippen molar-refractivity contribution in [1.82, 2.24) is 0 Å². The Morgan fingerprint density at radius 2 is 1.00 bits per heavy atom. The van der Waals surface area contributed by atoms with E-state index in [4.69, 9.17) is 9.90 Å². The maximum absolute atomic E-state index is 9.44. The SMILES string of the molecule is [2H]c1c([2H])c([2H])c2c(-c3ccc4c(c3)-c3ccccc3C4(C)C)c3c([2H])c([2H])c([2H])c([2H])c3c(-c3ccc(-c4cccc5oc6cc7ccccc7cc6c45)cc3)c2c1[2H]. The van der Waals surface area contributed by atoms with Crippen LogP contribution >= 0.6 is 0 Å². The zero-order valence-corrected chi connectivity index (χ0v) is 28.5. The minimum absolute atomic E-state index is 0.192. The summed E-state index contributed by atoms with van der Waals surface area (Å²) in [6, 6.07) is 37.3. The van der Waals surface area contributed by atoms with Crippen LogP contribution in [-0.4, -0.2) is 0 Å². The fourth-order valence-electron chi connectivity index (χ4n) is 8.65. The first-order valence-electron chi connectivity index (χ1n) is 21.5. The molecule has 0 amide bonds. The molecule has 1 nitrogen and oxygen atoms in total. The lowest BCUT2D eigenvalue weighted by molar-refractivity contribution is 0.660. The van der Waals surface area contributed by atoms with Gasteiger partial charge in [-0.15, -0.1) is 0 Å². The quantitative estimate of drug-likeness (QED) is 0.171. The van der Waals surface area contributed by atoms with Gasteiger partial charge in [0.2, 0.25) is 0 Å². The smallest absolute Gasteiger partial charge is 0.136 e. The fourth-order valence-corrected chi connectivity index (χ4v) is 8.65. The number of rotatable bonds is 3. The van der Waals surface area contributed by atoms with E-state index < -0.39 is 24.2 Å². The molecule has 1 aromatic heterocycles. The molecule has 0 spiro atoms. The summed E-state index contributed by atoms with van der Waals surface area (Å²) < 4.78 is 79.6. The second-order valence-electron chi connectivity index (χ2n) is 14.2. The number of furan rings is 1. The van der Waals surface area contributed by atoms with Gasteiger partial charge in [0.05, 0.1) is 11.0 Å². The van der Waals surface area contributed by atoms with Crippen LogP contribution in [0.15, 0.2) is 174 Å². The average molecular weight is 671 g/mol. The van der Waals surface area contributed by atoms with E-state index in [2.05, 4.69) is 50.2 Å². The Balaban J connectivity index is 1.21. The molecule has 0 atom stereocenters. The highest BCUT2D eigenvalue weighted by Crippen LogP contribution is 2.51. The van der Waals surface area contributed by atoms with Gasteiger partial charge < -0.3 is 4.42 Å². The molecule has 0 bridgehead atoms. The third-order valence-corrected chi connectivity index (χ3v) is 11.1. The van der Waals surface area contributed by atoms with Crippen LogP contribution in [-0.2, 0) is 5.41 Å². The van der Waals surface area contributed by atoms with Crippen molar-refractivity contribution in [2.24, 2.45) is 0 Å². The number of fused-ring (bicyclic) bond motifs is 9. The van der Waals surface area contributed by atoms with Gasteiger partial charge in [-0.1, -0.05) is 159 Å². The van der Waals surface area contributed by atoms with Crippen molar-refractivity contribution in [3.05, 3.63) is 181 Å². The Labute approximate surface area is 313 Å². The Morgan fingerprint density at radius 3 is 1.71 bits per heavy atom. The average Bonchev–Trinajstić information content (AvgIpc) is 3.74. The summed E-state index contributed by atoms with van der Waals surface area (Å²) >= 11 is 0. The third-order valence-electron chi connectivity index (χ3n) is 11.1. The van der Waals surface area contributed by atoms with Crippen molar-refractivity contribution in [1.29, 1.82) is 0 Å². The Morgan fingerprint density at radius 1 is 0.442 bits per heavy atom. The van der Waals surface area contributed by atoms with Gasteiger partial charge in [-0.3, -0.25) is 0 Å². The predicted molar refractivity (Wildman–Crippen MR) is 220 cm³/mol. The molecule has 0 saturated carbocycles. The molecular weight excluding hydrogens is 629 g/mol. The molecule has 11 rings (SSSR count). The van der Waals surface area contributed by atoms with Crippen LogP contribution in [0, 0.1) is 0 Å². The summed E-state index contributed by atoms with van der Waals surface area (Å²) in [5, 5.41) is 4.92. The van der Waals surface area contributed by atoms with Crippen molar-refractivity contribution in [3.8, 4) is 44.5 Å². The van der Waals surface area contributed by atoms with E-state index in [9.17, 15) is 5.48 Å². The number of hydrogen-bond acceptors (Lipinski definition) is 1. The summed E-state index contributed by atoms with van der Waals surface area (Å²) in [7, 11) is 0. The second kappa shape index (κ2) is 10.8. The van der Waals surface area contributed by atoms with E-state index in [1.54, 1.807) is 0 Å². The van der Waals surface area contributed by atoms with E-state index in [1.807, 2.05) is 84.9 Å². The van der Waals surface area contributed by atoms with Gasteiger partial charge in [0.1, 0.15) is 11.2 Å². The molecule has 1 aliphatic rings. The van der Waals surface area contributed by atoms with Gasteiger partial charge in [-0.25, -0.2) is 0 Å². The van der Waals surface area contributed by atoms with Crippen LogP contribution in [0.5, 0.6) is 0 Å². The molecule has 0 N–H and O–H groups in total. The highest BCUT2D eigenvalue weighted by Gasteiger charge is 2.35. The van der Waals surface area contributed by atoms with Crippen LogP contribution in [0.4, 0.5) is 0 Å². The minimum Gasteiger partial charge on any atom is -0.456 e. The highest BCUT2D eigenvalue weighted by molar-refractivity contribution is 6.22. The summed E-state index contributed by atoms with van der Waals surface area (Å²) in [4.78, 5) is 0. The molecule has 1 aliphatic carbocycles. The predicted octanol–water partition coefficient (Wildman–Crippen LogP) is 14.4. The molecule has 9 aromatic carbocycles. The van der Waals surface area contributed by atoms with Crippen molar-refractivity contribution in [2.45, 2.75) is 19.3 Å². The standard InChI is InChI=1S/C51H34O/c1-51(2)44-20-10-9-14-37(44)42-29-35(26-27-45(42)51)49-40-17-7-5-15-38(40)48(39-16-6-8-18-41(39)49)32-24-22-31(23-25-32)36-19-11-21-46-50(36)43-28-33-12-3-4-13-34(33)30-47(43)52-46/h3-30H,1-2H3/i5D,6D,7D,8D,15D,16D,17D,18D. The maximum Gasteiger partial charge on any atom is 0.136 e. The molecular formula is C51H34O. The topological polar surface area (TPSA) is 13.1 Å². The van der Waals surface area contributed by atoms with E-state index in [0.717, 1.165) is 60.5 Å². The van der Waals surface area contributed by atoms with Crippen molar-refractivity contribution in [3.63, 3.8) is 0 Å². The first-order valence-corrected chi connectivity index (χ1v) is 17.5. The summed E-state index contributed by atoms with van der Waals surface area (Å²) in [6.07, 6.45) is 0. The fraction of sp³-hybridized carbons (Fsp3) is 0.0588. The normalized spacial score (nSPS) is 15.5. The Hall–Kier alpha value is -6.44. The molecule has 244 valence electrons. The third kappa shape index (κ3) is 4.11. The molecule has 0 fully saturated rings. The lowest BCUT2D eigenvalue weighted by Crippen LogP contribution is -2.14. The molecule has 0 saturated heterocycles. The van der Waals surface area contributed by atoms with Gasteiger partial charge >= 0.3 is 0 Å². The van der Waals surface area contributed by atoms with Gasteiger partial charge in [0.25, 0.3) is 0 Å². The monoisotopic (exact) mass is 670 g/mol. The van der Waals surface area contributed by atoms with E-state index in [-0.39, 0.29) is 51.1 Å². The lowest BCUT2D eigenvalue weighted by atomic mass is 9.81. The van der Waals surface area contributed by atoms with Crippen LogP contribution in [0.2, 0.25) is 0 Å². The first kappa shape index (κ1) is 22.4. The van der Waals surface area contributed by atoms with Gasteiger partial charge in [-0.05, 0) is 112 Å². The largest absolute Gasteiger partial charge is 0.456 e. The molecule has 0 radical (unpaired) electrons. The van der Waals surface area contributed by atoms with E-state index in [0.29, 0.717) is 22.3 Å². The summed E-state index contributed by atoms with van der Waals surface area (Å²) in [5.41, 5.74) is 9.19. The van der Waals surface area contributed by atoms with Gasteiger partial charge in [0.15, 0.2) is 0 Å². The van der Waals surface area contributed by atoms with E-state index >= 15 is 0 Å². The second-order valence-corrected chi connectivity index (χ2v) is 14.2. The van der Waals surface area contributed by atoms with Crippen molar-refractivity contribution >= 4 is 54.3 Å². The molecule has 10 aromatic rings. The summed E-state index contributed by atoms with van der Waals surface area (Å²) in [6.45, 7) is 4.35. The molecule has 0 unspecified atom stereocenters. The van der Waals surface area contributed by atoms with Crippen LogP contribution in [0.25, 0.3) is 98.8 Å². The number of hydrogen-bond donors (Lipinski definition) is 0. The number of benzene rings is 9. The highest BCUT2D eigenvalue weighted by atomic mass is 16.3. The van der Waals surface area contributed by atoms with Gasteiger partial charge in [-0.2, -0.15) is 0 Å². The first-order chi connectivity index (χ1) is 28.9. The maximum atomic E-state index is 9.44. The van der Waals surface area contributed by atoms with Crippen molar-refractivity contribution in [2.75, 3.05) is 0 Å². The van der Waals surface area contributed by atoms with Crippen LogP contribution in [0.1, 0.15) is 35.9 Å². The van der Waals surface area contributed by atoms with Gasteiger partial charge in [0, 0.05) is 16.2 Å². The zero-order chi connectivity index (χ0) is 41.5.